The number of halogens is 1. The zero-order valence-corrected chi connectivity index (χ0v) is 15.0. The monoisotopic (exact) mass is 336 g/mol. The van der Waals surface area contributed by atoms with Crippen LogP contribution in [0.5, 0.6) is 0 Å². The molecular formula is C19H29ClN2O. The van der Waals surface area contributed by atoms with Gasteiger partial charge in [-0.1, -0.05) is 43.5 Å². The van der Waals surface area contributed by atoms with Gasteiger partial charge in [0.1, 0.15) is 0 Å². The van der Waals surface area contributed by atoms with Crippen molar-refractivity contribution in [2.24, 2.45) is 5.92 Å². The molecule has 0 unspecified atom stereocenters. The van der Waals surface area contributed by atoms with E-state index in [2.05, 4.69) is 29.1 Å². The van der Waals surface area contributed by atoms with Crippen LogP contribution in [0.1, 0.15) is 51.1 Å². The van der Waals surface area contributed by atoms with E-state index in [0.29, 0.717) is 0 Å². The fourth-order valence-corrected chi connectivity index (χ4v) is 3.58. The first kappa shape index (κ1) is 18.3. The number of aromatic nitrogens is 1. The van der Waals surface area contributed by atoms with E-state index in [9.17, 15) is 0 Å². The molecule has 0 N–H and O–H groups in total. The normalized spacial score (nSPS) is 16.6. The molecule has 0 bridgehead atoms. The zero-order valence-electron chi connectivity index (χ0n) is 14.2. The van der Waals surface area contributed by atoms with Crippen molar-refractivity contribution in [3.63, 3.8) is 0 Å². The maximum Gasteiger partial charge on any atom is 0.167 e. The van der Waals surface area contributed by atoms with Crippen LogP contribution in [0.3, 0.4) is 0 Å². The molecule has 2 aromatic rings. The highest BCUT2D eigenvalue weighted by atomic mass is 35.5. The van der Waals surface area contributed by atoms with Gasteiger partial charge in [-0.2, -0.15) is 0 Å². The summed E-state index contributed by atoms with van der Waals surface area (Å²) in [6.45, 7) is 6.06. The molecule has 2 heterocycles. The number of hydrogen-bond donors (Lipinski definition) is 0. The summed E-state index contributed by atoms with van der Waals surface area (Å²) >= 11 is 0. The Bertz CT molecular complexity index is 576. The van der Waals surface area contributed by atoms with Crippen LogP contribution in [0.25, 0.3) is 11.0 Å². The van der Waals surface area contributed by atoms with Gasteiger partial charge in [-0.05, 0) is 63.4 Å². The third-order valence-corrected chi connectivity index (χ3v) is 5.01. The van der Waals surface area contributed by atoms with Crippen LogP contribution in [0.4, 0.5) is 0 Å². The van der Waals surface area contributed by atoms with Crippen molar-refractivity contribution in [3.05, 3.63) is 30.0 Å². The summed E-state index contributed by atoms with van der Waals surface area (Å²) in [6, 6.07) is 8.16. The predicted octanol–water partition coefficient (Wildman–Crippen LogP) is 5.08. The molecule has 1 saturated heterocycles. The lowest BCUT2D eigenvalue weighted by Crippen LogP contribution is -2.34. The second-order valence-electron chi connectivity index (χ2n) is 6.66. The minimum absolute atomic E-state index is 0. The van der Waals surface area contributed by atoms with E-state index in [1.54, 1.807) is 0 Å². The minimum Gasteiger partial charge on any atom is -0.356 e. The van der Waals surface area contributed by atoms with Crippen LogP contribution in [0.15, 0.2) is 28.8 Å². The Morgan fingerprint density at radius 2 is 1.96 bits per heavy atom. The number of nitrogens with zero attached hydrogens (tertiary/aromatic N) is 2. The first-order valence-corrected chi connectivity index (χ1v) is 8.92. The fourth-order valence-electron chi connectivity index (χ4n) is 3.58. The SMILES string of the molecule is CCCCC1CCN(CCCc2noc3ccccc23)CC1.Cl. The van der Waals surface area contributed by atoms with Crippen molar-refractivity contribution in [1.29, 1.82) is 0 Å². The molecule has 1 aliphatic heterocycles. The van der Waals surface area contributed by atoms with Crippen molar-refractivity contribution in [1.82, 2.24) is 10.1 Å². The van der Waals surface area contributed by atoms with Crippen LogP contribution >= 0.6 is 12.4 Å². The van der Waals surface area contributed by atoms with Gasteiger partial charge in [0.25, 0.3) is 0 Å². The van der Waals surface area contributed by atoms with E-state index in [-0.39, 0.29) is 12.4 Å². The van der Waals surface area contributed by atoms with Gasteiger partial charge in [0.15, 0.2) is 5.58 Å². The molecule has 128 valence electrons. The quantitative estimate of drug-likeness (QED) is 0.705. The average Bonchev–Trinajstić information content (AvgIpc) is 2.98. The first-order chi connectivity index (χ1) is 10.9. The number of likely N-dealkylation sites (tertiary alicyclic amines) is 1. The highest BCUT2D eigenvalue weighted by Crippen LogP contribution is 2.23. The van der Waals surface area contributed by atoms with Crippen molar-refractivity contribution < 1.29 is 4.52 Å². The maximum absolute atomic E-state index is 5.38. The summed E-state index contributed by atoms with van der Waals surface area (Å²) in [4.78, 5) is 2.63. The smallest absolute Gasteiger partial charge is 0.167 e. The Labute approximate surface area is 145 Å². The molecule has 0 spiro atoms. The molecule has 0 saturated carbocycles. The summed E-state index contributed by atoms with van der Waals surface area (Å²) < 4.78 is 5.38. The number of rotatable bonds is 7. The standard InChI is InChI=1S/C19H28N2O.ClH/c1-2-3-7-16-11-14-21(15-12-16)13-6-9-18-17-8-4-5-10-19(17)22-20-18;/h4-5,8,10,16H,2-3,6-7,9,11-15H2,1H3;1H. The Morgan fingerprint density at radius 3 is 2.74 bits per heavy atom. The van der Waals surface area contributed by atoms with Gasteiger partial charge >= 0.3 is 0 Å². The summed E-state index contributed by atoms with van der Waals surface area (Å²) in [5, 5.41) is 5.41. The molecule has 1 aromatic carbocycles. The molecule has 4 heteroatoms. The number of piperidine rings is 1. The molecule has 1 aliphatic rings. The Morgan fingerprint density at radius 1 is 1.17 bits per heavy atom. The molecule has 0 atom stereocenters. The molecule has 0 amide bonds. The predicted molar refractivity (Wildman–Crippen MR) is 98.3 cm³/mol. The molecule has 1 aromatic heterocycles. The van der Waals surface area contributed by atoms with Crippen LogP contribution < -0.4 is 0 Å². The number of unbranched alkanes of at least 4 members (excludes halogenated alkanes) is 1. The average molecular weight is 337 g/mol. The molecule has 0 aliphatic carbocycles. The van der Waals surface area contributed by atoms with E-state index in [4.69, 9.17) is 4.52 Å². The Kier molecular flexibility index (Phi) is 7.38. The maximum atomic E-state index is 5.38. The highest BCUT2D eigenvalue weighted by Gasteiger charge is 2.18. The van der Waals surface area contributed by atoms with E-state index in [1.165, 1.54) is 63.5 Å². The van der Waals surface area contributed by atoms with Crippen molar-refractivity contribution in [2.75, 3.05) is 19.6 Å². The van der Waals surface area contributed by atoms with Gasteiger partial charge in [-0.15, -0.1) is 12.4 Å². The summed E-state index contributed by atoms with van der Waals surface area (Å²) in [5.41, 5.74) is 2.03. The van der Waals surface area contributed by atoms with Gasteiger partial charge in [0.05, 0.1) is 5.69 Å². The largest absolute Gasteiger partial charge is 0.356 e. The molecule has 23 heavy (non-hydrogen) atoms. The fraction of sp³-hybridized carbons (Fsp3) is 0.632. The molecule has 3 rings (SSSR count). The third-order valence-electron chi connectivity index (χ3n) is 5.01. The Balaban J connectivity index is 0.00000192. The van der Waals surface area contributed by atoms with Crippen molar-refractivity contribution in [3.8, 4) is 0 Å². The first-order valence-electron chi connectivity index (χ1n) is 8.92. The highest BCUT2D eigenvalue weighted by molar-refractivity contribution is 5.85. The zero-order chi connectivity index (χ0) is 15.2. The van der Waals surface area contributed by atoms with Crippen LogP contribution in [-0.2, 0) is 6.42 Å². The molecule has 3 nitrogen and oxygen atoms in total. The lowest BCUT2D eigenvalue weighted by Gasteiger charge is -2.31. The van der Waals surface area contributed by atoms with Crippen LogP contribution in [0.2, 0.25) is 0 Å². The van der Waals surface area contributed by atoms with Crippen LogP contribution in [-0.4, -0.2) is 29.7 Å². The lowest BCUT2D eigenvalue weighted by atomic mass is 9.91. The number of aryl methyl sites for hydroxylation is 1. The topological polar surface area (TPSA) is 29.3 Å². The van der Waals surface area contributed by atoms with E-state index in [1.807, 2.05) is 12.1 Å². The summed E-state index contributed by atoms with van der Waals surface area (Å²) in [6.07, 6.45) is 9.17. The van der Waals surface area contributed by atoms with Gasteiger partial charge in [0.2, 0.25) is 0 Å². The molecule has 0 radical (unpaired) electrons. The second-order valence-corrected chi connectivity index (χ2v) is 6.66. The van der Waals surface area contributed by atoms with E-state index < -0.39 is 0 Å². The number of fused-ring (bicyclic) bond motifs is 1. The van der Waals surface area contributed by atoms with E-state index in [0.717, 1.165) is 23.6 Å². The second kappa shape index (κ2) is 9.29. The van der Waals surface area contributed by atoms with Gasteiger partial charge < -0.3 is 9.42 Å². The Hall–Kier alpha value is -1.06. The lowest BCUT2D eigenvalue weighted by molar-refractivity contribution is 0.176. The molecule has 1 fully saturated rings. The number of benzene rings is 1. The van der Waals surface area contributed by atoms with Gasteiger partial charge in [0, 0.05) is 5.39 Å². The van der Waals surface area contributed by atoms with Crippen molar-refractivity contribution >= 4 is 23.4 Å². The summed E-state index contributed by atoms with van der Waals surface area (Å²) in [5.74, 6) is 0.982. The van der Waals surface area contributed by atoms with Gasteiger partial charge in [-0.3, -0.25) is 0 Å². The van der Waals surface area contributed by atoms with Gasteiger partial charge in [-0.25, -0.2) is 0 Å². The molecular weight excluding hydrogens is 308 g/mol. The van der Waals surface area contributed by atoms with Crippen molar-refractivity contribution in [2.45, 2.75) is 51.9 Å². The minimum atomic E-state index is 0. The van der Waals surface area contributed by atoms with E-state index >= 15 is 0 Å². The van der Waals surface area contributed by atoms with Crippen LogP contribution in [0, 0.1) is 5.92 Å². The number of para-hydroxylation sites is 1. The third kappa shape index (κ3) is 4.95. The summed E-state index contributed by atoms with van der Waals surface area (Å²) in [7, 11) is 0. The number of hydrogen-bond acceptors (Lipinski definition) is 3.